The van der Waals surface area contributed by atoms with Gasteiger partial charge in [-0.2, -0.15) is 0 Å². The molecule has 1 amide bonds. The highest BCUT2D eigenvalue weighted by Crippen LogP contribution is 2.25. The molecule has 4 nitrogen and oxygen atoms in total. The standard InChI is InChI=1S/C23H26N2O2/c26-22(19-9-11-21-18(15-19)10-12-23(27)24-21)16-25-13-5-4-8-20(25)14-17-6-2-1-3-7-17/h1-3,6-7,9,11,15,20H,4-5,8,10,12-14,16H2,(H,24,27). The predicted molar refractivity (Wildman–Crippen MR) is 107 cm³/mol. The number of carbonyl (C=O) groups excluding carboxylic acids is 2. The van der Waals surface area contributed by atoms with Gasteiger partial charge in [0.2, 0.25) is 5.91 Å². The molecule has 4 rings (SSSR count). The molecule has 0 aromatic heterocycles. The van der Waals surface area contributed by atoms with E-state index in [-0.39, 0.29) is 11.7 Å². The lowest BCUT2D eigenvalue weighted by molar-refractivity contribution is -0.116. The van der Waals surface area contributed by atoms with Crippen LogP contribution in [0.25, 0.3) is 0 Å². The van der Waals surface area contributed by atoms with Crippen molar-refractivity contribution in [2.75, 3.05) is 18.4 Å². The van der Waals surface area contributed by atoms with Crippen LogP contribution in [0.1, 0.15) is 47.2 Å². The fraction of sp³-hybridized carbons (Fsp3) is 0.391. The van der Waals surface area contributed by atoms with Gasteiger partial charge in [-0.05, 0) is 61.6 Å². The van der Waals surface area contributed by atoms with E-state index in [1.165, 1.54) is 12.0 Å². The number of piperidine rings is 1. The first-order valence-corrected chi connectivity index (χ1v) is 9.93. The second-order valence-electron chi connectivity index (χ2n) is 7.65. The molecule has 0 bridgehead atoms. The summed E-state index contributed by atoms with van der Waals surface area (Å²) in [4.78, 5) is 26.8. The summed E-state index contributed by atoms with van der Waals surface area (Å²) < 4.78 is 0. The smallest absolute Gasteiger partial charge is 0.224 e. The number of amides is 1. The van der Waals surface area contributed by atoms with Crippen molar-refractivity contribution in [2.24, 2.45) is 0 Å². The zero-order chi connectivity index (χ0) is 18.6. The van der Waals surface area contributed by atoms with Gasteiger partial charge >= 0.3 is 0 Å². The van der Waals surface area contributed by atoms with E-state index in [0.29, 0.717) is 25.4 Å². The van der Waals surface area contributed by atoms with Crippen molar-refractivity contribution in [3.63, 3.8) is 0 Å². The lowest BCUT2D eigenvalue weighted by atomic mass is 9.94. The zero-order valence-electron chi connectivity index (χ0n) is 15.6. The maximum atomic E-state index is 12.9. The third-order valence-corrected chi connectivity index (χ3v) is 5.73. The Morgan fingerprint density at radius 3 is 2.78 bits per heavy atom. The molecule has 2 heterocycles. The van der Waals surface area contributed by atoms with Crippen LogP contribution in [0, 0.1) is 0 Å². The van der Waals surface area contributed by atoms with Crippen molar-refractivity contribution in [1.29, 1.82) is 0 Å². The van der Waals surface area contributed by atoms with Gasteiger partial charge in [-0.3, -0.25) is 14.5 Å². The first-order chi connectivity index (χ1) is 13.2. The van der Waals surface area contributed by atoms with Gasteiger partial charge in [0.05, 0.1) is 6.54 Å². The van der Waals surface area contributed by atoms with Gasteiger partial charge in [0, 0.05) is 23.7 Å². The van der Waals surface area contributed by atoms with E-state index in [4.69, 9.17) is 0 Å². The third kappa shape index (κ3) is 4.28. The lowest BCUT2D eigenvalue weighted by Gasteiger charge is -2.35. The number of carbonyl (C=O) groups is 2. The molecule has 1 unspecified atom stereocenters. The molecule has 2 aliphatic rings. The van der Waals surface area contributed by atoms with Crippen molar-refractivity contribution >= 4 is 17.4 Å². The van der Waals surface area contributed by atoms with Crippen LogP contribution in [0.15, 0.2) is 48.5 Å². The van der Waals surface area contributed by atoms with E-state index < -0.39 is 0 Å². The number of rotatable bonds is 5. The fourth-order valence-electron chi connectivity index (χ4n) is 4.22. The van der Waals surface area contributed by atoms with Crippen LogP contribution in [0.2, 0.25) is 0 Å². The molecule has 0 radical (unpaired) electrons. The Kier molecular flexibility index (Phi) is 5.35. The fourth-order valence-corrected chi connectivity index (χ4v) is 4.22. The molecule has 1 fully saturated rings. The molecular formula is C23H26N2O2. The molecule has 1 saturated heterocycles. The molecule has 140 valence electrons. The minimum atomic E-state index is 0.0543. The maximum absolute atomic E-state index is 12.9. The lowest BCUT2D eigenvalue weighted by Crippen LogP contribution is -2.43. The van der Waals surface area contributed by atoms with E-state index in [9.17, 15) is 9.59 Å². The van der Waals surface area contributed by atoms with Crippen LogP contribution in [0.4, 0.5) is 5.69 Å². The minimum absolute atomic E-state index is 0.0543. The van der Waals surface area contributed by atoms with Gasteiger partial charge < -0.3 is 5.32 Å². The van der Waals surface area contributed by atoms with Gasteiger partial charge in [-0.1, -0.05) is 36.8 Å². The second-order valence-corrected chi connectivity index (χ2v) is 7.65. The Hall–Kier alpha value is -2.46. The van der Waals surface area contributed by atoms with Crippen LogP contribution in [0.5, 0.6) is 0 Å². The summed E-state index contributed by atoms with van der Waals surface area (Å²) in [7, 11) is 0. The highest BCUT2D eigenvalue weighted by atomic mass is 16.1. The van der Waals surface area contributed by atoms with Crippen LogP contribution >= 0.6 is 0 Å². The average Bonchev–Trinajstić information content (AvgIpc) is 2.70. The number of aryl methyl sites for hydroxylation is 1. The Morgan fingerprint density at radius 1 is 1.07 bits per heavy atom. The average molecular weight is 362 g/mol. The highest BCUT2D eigenvalue weighted by molar-refractivity contribution is 6.00. The van der Waals surface area contributed by atoms with E-state index in [0.717, 1.165) is 42.6 Å². The number of benzene rings is 2. The summed E-state index contributed by atoms with van der Waals surface area (Å²) >= 11 is 0. The van der Waals surface area contributed by atoms with E-state index in [1.807, 2.05) is 24.3 Å². The molecule has 2 aliphatic heterocycles. The van der Waals surface area contributed by atoms with Crippen molar-refractivity contribution in [2.45, 2.75) is 44.6 Å². The van der Waals surface area contributed by atoms with Crippen LogP contribution in [-0.4, -0.2) is 35.7 Å². The first-order valence-electron chi connectivity index (χ1n) is 9.93. The number of nitrogens with zero attached hydrogens (tertiary/aromatic N) is 1. The molecule has 2 aromatic rings. The Labute approximate surface area is 160 Å². The predicted octanol–water partition coefficient (Wildman–Crippen LogP) is 3.85. The molecule has 4 heteroatoms. The molecule has 0 aliphatic carbocycles. The molecule has 27 heavy (non-hydrogen) atoms. The second kappa shape index (κ2) is 8.05. The number of anilines is 1. The third-order valence-electron chi connectivity index (χ3n) is 5.73. The Morgan fingerprint density at radius 2 is 1.93 bits per heavy atom. The number of Topliss-reactive ketones (excluding diaryl/α,β-unsaturated/α-hetero) is 1. The Balaban J connectivity index is 1.45. The molecular weight excluding hydrogens is 336 g/mol. The van der Waals surface area contributed by atoms with E-state index in [2.05, 4.69) is 34.5 Å². The van der Waals surface area contributed by atoms with Crippen molar-refractivity contribution < 1.29 is 9.59 Å². The highest BCUT2D eigenvalue weighted by Gasteiger charge is 2.25. The zero-order valence-corrected chi connectivity index (χ0v) is 15.6. The van der Waals surface area contributed by atoms with Gasteiger partial charge in [0.1, 0.15) is 0 Å². The van der Waals surface area contributed by atoms with Crippen LogP contribution in [-0.2, 0) is 17.6 Å². The summed E-state index contributed by atoms with van der Waals surface area (Å²) in [6, 6.07) is 16.7. The number of hydrogen-bond donors (Lipinski definition) is 1. The summed E-state index contributed by atoms with van der Waals surface area (Å²) in [5.74, 6) is 0.230. The van der Waals surface area contributed by atoms with Crippen molar-refractivity contribution in [3.05, 3.63) is 65.2 Å². The maximum Gasteiger partial charge on any atom is 0.224 e. The summed E-state index contributed by atoms with van der Waals surface area (Å²) in [6.45, 7) is 1.47. The normalized spacial score (nSPS) is 20.0. The quantitative estimate of drug-likeness (QED) is 0.822. The number of ketones is 1. The van der Waals surface area contributed by atoms with Gasteiger partial charge in [-0.25, -0.2) is 0 Å². The van der Waals surface area contributed by atoms with Crippen molar-refractivity contribution in [3.8, 4) is 0 Å². The molecule has 1 N–H and O–H groups in total. The van der Waals surface area contributed by atoms with Crippen LogP contribution in [0.3, 0.4) is 0 Å². The SMILES string of the molecule is O=C1CCc2cc(C(=O)CN3CCCCC3Cc3ccccc3)ccc2N1. The monoisotopic (exact) mass is 362 g/mol. The summed E-state index contributed by atoms with van der Waals surface area (Å²) in [6.07, 6.45) is 5.76. The summed E-state index contributed by atoms with van der Waals surface area (Å²) in [5, 5.41) is 2.88. The first kappa shape index (κ1) is 17.9. The number of likely N-dealkylation sites (tertiary alicyclic amines) is 1. The van der Waals surface area contributed by atoms with Crippen LogP contribution < -0.4 is 5.32 Å². The van der Waals surface area contributed by atoms with Gasteiger partial charge in [-0.15, -0.1) is 0 Å². The summed E-state index contributed by atoms with van der Waals surface area (Å²) in [5.41, 5.74) is 4.02. The van der Waals surface area contributed by atoms with Crippen molar-refractivity contribution in [1.82, 2.24) is 4.90 Å². The largest absolute Gasteiger partial charge is 0.326 e. The number of fused-ring (bicyclic) bond motifs is 1. The minimum Gasteiger partial charge on any atom is -0.326 e. The van der Waals surface area contributed by atoms with Gasteiger partial charge in [0.25, 0.3) is 0 Å². The molecule has 0 saturated carbocycles. The molecule has 1 atom stereocenters. The molecule has 2 aromatic carbocycles. The Bertz CT molecular complexity index is 832. The topological polar surface area (TPSA) is 49.4 Å². The number of hydrogen-bond acceptors (Lipinski definition) is 3. The van der Waals surface area contributed by atoms with Gasteiger partial charge in [0.15, 0.2) is 5.78 Å². The van der Waals surface area contributed by atoms with E-state index >= 15 is 0 Å². The number of nitrogens with one attached hydrogen (secondary N) is 1. The molecule has 0 spiro atoms. The van der Waals surface area contributed by atoms with E-state index in [1.54, 1.807) is 0 Å².